The highest BCUT2D eigenvalue weighted by Crippen LogP contribution is 2.25. The first kappa shape index (κ1) is 19.9. The molecule has 0 spiro atoms. The molecule has 1 amide bonds. The summed E-state index contributed by atoms with van der Waals surface area (Å²) in [7, 11) is 0. The van der Waals surface area contributed by atoms with E-state index in [-0.39, 0.29) is 11.9 Å². The van der Waals surface area contributed by atoms with Gasteiger partial charge in [-0.1, -0.05) is 58.9 Å². The summed E-state index contributed by atoms with van der Waals surface area (Å²) in [5.74, 6) is 1.45. The van der Waals surface area contributed by atoms with Crippen LogP contribution in [0.25, 0.3) is 23.0 Å². The predicted molar refractivity (Wildman–Crippen MR) is 116 cm³/mol. The Morgan fingerprint density at radius 2 is 1.88 bits per heavy atom. The standard InChI is InChI=1S/C23H22N6O3/c1-16(31-19-10-6-3-7-11-19)23(30)28-13-12-18(14-28)29-15-20(25-27-29)22-24-21(26-32-22)17-8-4-2-5-9-17/h2-11,15-16,18H,12-14H2,1H3/t16-,18-/m1/s1. The van der Waals surface area contributed by atoms with Gasteiger partial charge in [-0.25, -0.2) is 4.68 Å². The van der Waals surface area contributed by atoms with E-state index >= 15 is 0 Å². The van der Waals surface area contributed by atoms with Crippen LogP contribution in [-0.2, 0) is 4.79 Å². The fraction of sp³-hybridized carbons (Fsp3) is 0.261. The van der Waals surface area contributed by atoms with Gasteiger partial charge in [0.15, 0.2) is 11.8 Å². The largest absolute Gasteiger partial charge is 0.481 e. The van der Waals surface area contributed by atoms with Gasteiger partial charge in [0.25, 0.3) is 11.8 Å². The first-order valence-electron chi connectivity index (χ1n) is 10.5. The molecule has 0 radical (unpaired) electrons. The molecule has 162 valence electrons. The highest BCUT2D eigenvalue weighted by atomic mass is 16.5. The second-order valence-electron chi connectivity index (χ2n) is 7.67. The van der Waals surface area contributed by atoms with Crippen molar-refractivity contribution in [2.45, 2.75) is 25.5 Å². The Balaban J connectivity index is 1.23. The molecule has 1 aliphatic rings. The molecule has 1 fully saturated rings. The van der Waals surface area contributed by atoms with Crippen LogP contribution in [0.1, 0.15) is 19.4 Å². The molecule has 32 heavy (non-hydrogen) atoms. The maximum absolute atomic E-state index is 12.8. The van der Waals surface area contributed by atoms with Crippen LogP contribution in [0.5, 0.6) is 5.75 Å². The van der Waals surface area contributed by atoms with Crippen molar-refractivity contribution in [3.63, 3.8) is 0 Å². The minimum absolute atomic E-state index is 0.0284. The number of amides is 1. The molecule has 2 atom stereocenters. The third kappa shape index (κ3) is 4.09. The molecule has 9 heteroatoms. The van der Waals surface area contributed by atoms with Crippen molar-refractivity contribution in [1.82, 2.24) is 30.0 Å². The summed E-state index contributed by atoms with van der Waals surface area (Å²) < 4.78 is 12.9. The number of carbonyl (C=O) groups excluding carboxylic acids is 1. The van der Waals surface area contributed by atoms with Gasteiger partial charge in [-0.3, -0.25) is 4.79 Å². The van der Waals surface area contributed by atoms with E-state index in [0.717, 1.165) is 12.0 Å². The SMILES string of the molecule is C[C@@H](Oc1ccccc1)C(=O)N1CC[C@@H](n2cc(-c3nc(-c4ccccc4)no3)nn2)C1. The number of carbonyl (C=O) groups is 1. The number of nitrogens with zero attached hydrogens (tertiary/aromatic N) is 6. The zero-order valence-electron chi connectivity index (χ0n) is 17.5. The number of benzene rings is 2. The zero-order chi connectivity index (χ0) is 21.9. The Bertz CT molecular complexity index is 1190. The van der Waals surface area contributed by atoms with Crippen LogP contribution in [0.15, 0.2) is 71.4 Å². The first-order valence-corrected chi connectivity index (χ1v) is 10.5. The third-order valence-electron chi connectivity index (χ3n) is 5.44. The molecular formula is C23H22N6O3. The molecule has 5 rings (SSSR count). The lowest BCUT2D eigenvalue weighted by molar-refractivity contribution is -0.136. The van der Waals surface area contributed by atoms with Crippen LogP contribution >= 0.6 is 0 Å². The highest BCUT2D eigenvalue weighted by Gasteiger charge is 2.31. The van der Waals surface area contributed by atoms with Crippen molar-refractivity contribution < 1.29 is 14.1 Å². The topological polar surface area (TPSA) is 99.2 Å². The summed E-state index contributed by atoms with van der Waals surface area (Å²) >= 11 is 0. The van der Waals surface area contributed by atoms with Gasteiger partial charge in [0.2, 0.25) is 5.82 Å². The Morgan fingerprint density at radius 3 is 2.66 bits per heavy atom. The Labute approximate surface area is 184 Å². The molecule has 0 saturated carbocycles. The molecule has 2 aromatic carbocycles. The van der Waals surface area contributed by atoms with E-state index in [9.17, 15) is 4.79 Å². The molecule has 0 bridgehead atoms. The monoisotopic (exact) mass is 430 g/mol. The summed E-state index contributed by atoms with van der Waals surface area (Å²) in [6.45, 7) is 2.96. The minimum atomic E-state index is -0.558. The van der Waals surface area contributed by atoms with Gasteiger partial charge in [0.1, 0.15) is 5.75 Å². The normalized spacial score (nSPS) is 16.8. The molecule has 4 aromatic rings. The van der Waals surface area contributed by atoms with Crippen molar-refractivity contribution in [2.75, 3.05) is 13.1 Å². The molecule has 3 heterocycles. The number of para-hydroxylation sites is 1. The van der Waals surface area contributed by atoms with E-state index in [0.29, 0.717) is 36.2 Å². The summed E-state index contributed by atoms with van der Waals surface area (Å²) in [6, 6.07) is 19.0. The van der Waals surface area contributed by atoms with Gasteiger partial charge in [-0.2, -0.15) is 4.98 Å². The molecule has 1 saturated heterocycles. The fourth-order valence-corrected chi connectivity index (χ4v) is 3.75. The smallest absolute Gasteiger partial charge is 0.280 e. The van der Waals surface area contributed by atoms with Crippen LogP contribution in [0.3, 0.4) is 0 Å². The van der Waals surface area contributed by atoms with E-state index in [4.69, 9.17) is 9.26 Å². The molecule has 0 unspecified atom stereocenters. The van der Waals surface area contributed by atoms with Crippen molar-refractivity contribution in [3.05, 3.63) is 66.9 Å². The average molecular weight is 430 g/mol. The Kier molecular flexibility index (Phi) is 5.37. The van der Waals surface area contributed by atoms with Gasteiger partial charge < -0.3 is 14.2 Å². The predicted octanol–water partition coefficient (Wildman–Crippen LogP) is 3.24. The Hall–Kier alpha value is -4.01. The third-order valence-corrected chi connectivity index (χ3v) is 5.44. The number of aromatic nitrogens is 5. The Morgan fingerprint density at radius 1 is 1.12 bits per heavy atom. The number of ether oxygens (including phenoxy) is 1. The summed E-state index contributed by atoms with van der Waals surface area (Å²) in [6.07, 6.45) is 2.01. The highest BCUT2D eigenvalue weighted by molar-refractivity contribution is 5.81. The van der Waals surface area contributed by atoms with Gasteiger partial charge in [-0.05, 0) is 25.5 Å². The lowest BCUT2D eigenvalue weighted by atomic mass is 10.2. The quantitative estimate of drug-likeness (QED) is 0.463. The van der Waals surface area contributed by atoms with Crippen molar-refractivity contribution in [1.29, 1.82) is 0 Å². The van der Waals surface area contributed by atoms with E-state index in [1.165, 1.54) is 0 Å². The van der Waals surface area contributed by atoms with Crippen LogP contribution in [0.4, 0.5) is 0 Å². The summed E-state index contributed by atoms with van der Waals surface area (Å²) in [4.78, 5) is 19.0. The van der Waals surface area contributed by atoms with Gasteiger partial charge in [0.05, 0.1) is 12.2 Å². The summed E-state index contributed by atoms with van der Waals surface area (Å²) in [5, 5.41) is 12.4. The second kappa shape index (κ2) is 8.62. The minimum Gasteiger partial charge on any atom is -0.481 e. The molecule has 9 nitrogen and oxygen atoms in total. The molecule has 0 aliphatic carbocycles. The maximum atomic E-state index is 12.8. The van der Waals surface area contributed by atoms with Crippen LogP contribution < -0.4 is 4.74 Å². The first-order chi connectivity index (χ1) is 15.7. The maximum Gasteiger partial charge on any atom is 0.280 e. The van der Waals surface area contributed by atoms with Gasteiger partial charge in [0, 0.05) is 18.7 Å². The van der Waals surface area contributed by atoms with Crippen molar-refractivity contribution in [2.24, 2.45) is 0 Å². The van der Waals surface area contributed by atoms with Gasteiger partial charge >= 0.3 is 0 Å². The summed E-state index contributed by atoms with van der Waals surface area (Å²) in [5.41, 5.74) is 1.37. The van der Waals surface area contributed by atoms with Gasteiger partial charge in [-0.15, -0.1) is 5.10 Å². The van der Waals surface area contributed by atoms with Crippen molar-refractivity contribution in [3.8, 4) is 28.7 Å². The number of rotatable bonds is 6. The van der Waals surface area contributed by atoms with E-state index < -0.39 is 6.10 Å². The van der Waals surface area contributed by atoms with E-state index in [1.807, 2.05) is 60.7 Å². The molecule has 0 N–H and O–H groups in total. The van der Waals surface area contributed by atoms with E-state index in [2.05, 4.69) is 20.5 Å². The van der Waals surface area contributed by atoms with Crippen LogP contribution in [0.2, 0.25) is 0 Å². The fourth-order valence-electron chi connectivity index (χ4n) is 3.75. The van der Waals surface area contributed by atoms with Crippen LogP contribution in [-0.4, -0.2) is 55.1 Å². The van der Waals surface area contributed by atoms with Crippen LogP contribution in [0, 0.1) is 0 Å². The zero-order valence-corrected chi connectivity index (χ0v) is 17.5. The van der Waals surface area contributed by atoms with E-state index in [1.54, 1.807) is 22.7 Å². The lowest BCUT2D eigenvalue weighted by Gasteiger charge is -2.21. The molecule has 2 aromatic heterocycles. The second-order valence-corrected chi connectivity index (χ2v) is 7.67. The number of hydrogen-bond acceptors (Lipinski definition) is 7. The molecule has 1 aliphatic heterocycles. The van der Waals surface area contributed by atoms with Crippen molar-refractivity contribution >= 4 is 5.91 Å². The number of hydrogen-bond donors (Lipinski definition) is 0. The molecular weight excluding hydrogens is 408 g/mol. The lowest BCUT2D eigenvalue weighted by Crippen LogP contribution is -2.39. The number of likely N-dealkylation sites (tertiary alicyclic amines) is 1. The average Bonchev–Trinajstić information content (AvgIpc) is 3.60.